The van der Waals surface area contributed by atoms with Gasteiger partial charge in [0.2, 0.25) is 0 Å². The third kappa shape index (κ3) is 2.81. The molecule has 0 radical (unpaired) electrons. The van der Waals surface area contributed by atoms with Crippen molar-refractivity contribution in [1.29, 1.82) is 0 Å². The topological polar surface area (TPSA) is 55.1 Å². The molecule has 0 bridgehead atoms. The number of aliphatic carboxylic acids is 1. The molecule has 0 atom stereocenters. The first kappa shape index (κ1) is 11.8. The van der Waals surface area contributed by atoms with Crippen LogP contribution in [-0.4, -0.2) is 20.9 Å². The van der Waals surface area contributed by atoms with E-state index in [0.717, 1.165) is 18.7 Å². The van der Waals surface area contributed by atoms with Gasteiger partial charge in [0.05, 0.1) is 6.42 Å². The summed E-state index contributed by atoms with van der Waals surface area (Å²) < 4.78 is 1.89. The minimum atomic E-state index is -0.774. The van der Waals surface area contributed by atoms with E-state index in [-0.39, 0.29) is 11.8 Å². The fraction of sp³-hybridized carbons (Fsp3) is 0.636. The number of aryl methyl sites for hydroxylation is 1. The molecule has 4 heteroatoms. The first-order valence-electron chi connectivity index (χ1n) is 5.21. The second-order valence-corrected chi connectivity index (χ2v) is 4.39. The Hall–Kier alpha value is -1.32. The molecule has 0 aliphatic rings. The zero-order chi connectivity index (χ0) is 11.5. The Labute approximate surface area is 89.9 Å². The number of nitrogens with zero attached hydrogens (tertiary/aromatic N) is 2. The van der Waals surface area contributed by atoms with E-state index in [1.807, 2.05) is 24.6 Å². The molecule has 0 aliphatic heterocycles. The highest BCUT2D eigenvalue weighted by Crippen LogP contribution is 2.26. The highest BCUT2D eigenvalue weighted by atomic mass is 16.4. The fourth-order valence-corrected chi connectivity index (χ4v) is 1.77. The number of aromatic nitrogens is 2. The molecule has 0 saturated heterocycles. The van der Waals surface area contributed by atoms with Crippen LogP contribution in [-0.2, 0) is 16.8 Å². The zero-order valence-corrected chi connectivity index (χ0v) is 9.53. The van der Waals surface area contributed by atoms with Crippen molar-refractivity contribution >= 4 is 5.97 Å². The second-order valence-electron chi connectivity index (χ2n) is 4.39. The van der Waals surface area contributed by atoms with Crippen LogP contribution in [0.1, 0.15) is 39.3 Å². The van der Waals surface area contributed by atoms with Gasteiger partial charge in [0.25, 0.3) is 0 Å². The highest BCUT2D eigenvalue weighted by molar-refractivity contribution is 5.68. The lowest BCUT2D eigenvalue weighted by molar-refractivity contribution is -0.138. The maximum atomic E-state index is 10.7. The molecule has 0 amide bonds. The number of carboxylic acids is 1. The van der Waals surface area contributed by atoms with Crippen LogP contribution in [0.25, 0.3) is 0 Å². The van der Waals surface area contributed by atoms with Crippen LogP contribution in [0.4, 0.5) is 0 Å². The first-order chi connectivity index (χ1) is 6.97. The van der Waals surface area contributed by atoms with Crippen molar-refractivity contribution in [2.75, 3.05) is 0 Å². The molecule has 15 heavy (non-hydrogen) atoms. The molecule has 4 nitrogen and oxygen atoms in total. The zero-order valence-electron chi connectivity index (χ0n) is 9.53. The Morgan fingerprint density at radius 2 is 2.27 bits per heavy atom. The maximum absolute atomic E-state index is 10.7. The number of carboxylic acid groups (broad SMARTS) is 1. The van der Waals surface area contributed by atoms with Crippen LogP contribution in [0.15, 0.2) is 12.3 Å². The normalized spacial score (nSPS) is 11.7. The summed E-state index contributed by atoms with van der Waals surface area (Å²) in [6.07, 6.45) is 2.86. The van der Waals surface area contributed by atoms with Crippen LogP contribution in [0.3, 0.4) is 0 Å². The molecule has 1 rings (SSSR count). The standard InChI is InChI=1S/C11H18N2O2/c1-4-7-13-9(5-6-12-13)11(2,3)8-10(14)15/h5-6H,4,7-8H2,1-3H3,(H,14,15). The Morgan fingerprint density at radius 1 is 1.60 bits per heavy atom. The lowest BCUT2D eigenvalue weighted by Crippen LogP contribution is -2.25. The van der Waals surface area contributed by atoms with Crippen molar-refractivity contribution in [1.82, 2.24) is 9.78 Å². The van der Waals surface area contributed by atoms with E-state index in [1.165, 1.54) is 0 Å². The number of hydrogen-bond donors (Lipinski definition) is 1. The highest BCUT2D eigenvalue weighted by Gasteiger charge is 2.27. The number of hydrogen-bond acceptors (Lipinski definition) is 2. The van der Waals surface area contributed by atoms with Gasteiger partial charge in [-0.1, -0.05) is 20.8 Å². The van der Waals surface area contributed by atoms with Gasteiger partial charge in [-0.05, 0) is 12.5 Å². The minimum absolute atomic E-state index is 0.127. The van der Waals surface area contributed by atoms with Gasteiger partial charge in [0, 0.05) is 23.9 Å². The summed E-state index contributed by atoms with van der Waals surface area (Å²) in [5.41, 5.74) is 0.629. The van der Waals surface area contributed by atoms with Gasteiger partial charge < -0.3 is 5.11 Å². The Balaban J connectivity index is 2.92. The smallest absolute Gasteiger partial charge is 0.304 e. The van der Waals surface area contributed by atoms with E-state index in [1.54, 1.807) is 6.20 Å². The lowest BCUT2D eigenvalue weighted by Gasteiger charge is -2.23. The van der Waals surface area contributed by atoms with Crippen molar-refractivity contribution in [2.45, 2.75) is 45.6 Å². The van der Waals surface area contributed by atoms with Crippen LogP contribution in [0.2, 0.25) is 0 Å². The summed E-state index contributed by atoms with van der Waals surface area (Å²) in [7, 11) is 0. The summed E-state index contributed by atoms with van der Waals surface area (Å²) in [4.78, 5) is 10.7. The number of rotatable bonds is 5. The Kier molecular flexibility index (Phi) is 3.50. The monoisotopic (exact) mass is 210 g/mol. The van der Waals surface area contributed by atoms with Crippen molar-refractivity contribution in [3.05, 3.63) is 18.0 Å². The summed E-state index contributed by atoms with van der Waals surface area (Å²) in [5.74, 6) is -0.774. The van der Waals surface area contributed by atoms with E-state index in [4.69, 9.17) is 5.11 Å². The van der Waals surface area contributed by atoms with Crippen molar-refractivity contribution in [2.24, 2.45) is 0 Å². The van der Waals surface area contributed by atoms with Crippen LogP contribution >= 0.6 is 0 Å². The van der Waals surface area contributed by atoms with Crippen molar-refractivity contribution in [3.8, 4) is 0 Å². The quantitative estimate of drug-likeness (QED) is 0.809. The van der Waals surface area contributed by atoms with Crippen LogP contribution in [0.5, 0.6) is 0 Å². The molecule has 0 aliphatic carbocycles. The summed E-state index contributed by atoms with van der Waals surface area (Å²) in [6.45, 7) is 6.79. The van der Waals surface area contributed by atoms with Crippen molar-refractivity contribution in [3.63, 3.8) is 0 Å². The third-order valence-electron chi connectivity index (χ3n) is 2.44. The maximum Gasteiger partial charge on any atom is 0.304 e. The van der Waals surface area contributed by atoms with Gasteiger partial charge in [0.15, 0.2) is 0 Å². The molecule has 1 aromatic rings. The van der Waals surface area contributed by atoms with Crippen LogP contribution in [0, 0.1) is 0 Å². The Bertz CT molecular complexity index is 342. The molecular weight excluding hydrogens is 192 g/mol. The van der Waals surface area contributed by atoms with Crippen molar-refractivity contribution < 1.29 is 9.90 Å². The fourth-order valence-electron chi connectivity index (χ4n) is 1.77. The molecule has 84 valence electrons. The predicted molar refractivity (Wildman–Crippen MR) is 57.8 cm³/mol. The molecule has 1 aromatic heterocycles. The summed E-state index contributed by atoms with van der Waals surface area (Å²) >= 11 is 0. The Morgan fingerprint density at radius 3 is 2.80 bits per heavy atom. The van der Waals surface area contributed by atoms with Gasteiger partial charge in [-0.25, -0.2) is 0 Å². The average molecular weight is 210 g/mol. The molecule has 0 saturated carbocycles. The lowest BCUT2D eigenvalue weighted by atomic mass is 9.85. The molecule has 0 fully saturated rings. The number of carbonyl (C=O) groups is 1. The molecule has 1 N–H and O–H groups in total. The van der Waals surface area contributed by atoms with Crippen LogP contribution < -0.4 is 0 Å². The van der Waals surface area contributed by atoms with E-state index < -0.39 is 5.97 Å². The molecule has 0 unspecified atom stereocenters. The van der Waals surface area contributed by atoms with E-state index in [2.05, 4.69) is 12.0 Å². The SMILES string of the molecule is CCCn1nccc1C(C)(C)CC(=O)O. The van der Waals surface area contributed by atoms with Gasteiger partial charge in [0.1, 0.15) is 0 Å². The summed E-state index contributed by atoms with van der Waals surface area (Å²) in [6, 6.07) is 1.90. The molecule has 1 heterocycles. The first-order valence-corrected chi connectivity index (χ1v) is 5.21. The average Bonchev–Trinajstić information content (AvgIpc) is 2.51. The minimum Gasteiger partial charge on any atom is -0.481 e. The van der Waals surface area contributed by atoms with E-state index >= 15 is 0 Å². The summed E-state index contributed by atoms with van der Waals surface area (Å²) in [5, 5.41) is 13.0. The molecular formula is C11H18N2O2. The largest absolute Gasteiger partial charge is 0.481 e. The predicted octanol–water partition coefficient (Wildman–Crippen LogP) is 2.05. The van der Waals surface area contributed by atoms with Gasteiger partial charge in [-0.2, -0.15) is 5.10 Å². The van der Waals surface area contributed by atoms with Gasteiger partial charge in [-0.15, -0.1) is 0 Å². The van der Waals surface area contributed by atoms with E-state index in [0.29, 0.717) is 0 Å². The van der Waals surface area contributed by atoms with Gasteiger partial charge in [-0.3, -0.25) is 9.48 Å². The van der Waals surface area contributed by atoms with Gasteiger partial charge >= 0.3 is 5.97 Å². The third-order valence-corrected chi connectivity index (χ3v) is 2.44. The molecule has 0 spiro atoms. The molecule has 0 aromatic carbocycles. The second kappa shape index (κ2) is 4.47. The van der Waals surface area contributed by atoms with E-state index in [9.17, 15) is 4.79 Å².